The molecule has 2 aromatic carbocycles. The molecule has 0 saturated carbocycles. The van der Waals surface area contributed by atoms with Crippen LogP contribution in [0.3, 0.4) is 0 Å². The summed E-state index contributed by atoms with van der Waals surface area (Å²) in [5.74, 6) is 1.19. The minimum Gasteiger partial charge on any atom is -0.497 e. The number of nitrogens with one attached hydrogen (secondary N) is 1. The van der Waals surface area contributed by atoms with Gasteiger partial charge in [-0.1, -0.05) is 6.07 Å². The first kappa shape index (κ1) is 17.4. The zero-order chi connectivity index (χ0) is 17.5. The van der Waals surface area contributed by atoms with Crippen molar-refractivity contribution in [2.45, 2.75) is 6.54 Å². The molecule has 128 valence electrons. The number of aliphatic imine (C=N–C) groups is 1. The fourth-order valence-corrected chi connectivity index (χ4v) is 2.07. The Morgan fingerprint density at radius 1 is 1.04 bits per heavy atom. The van der Waals surface area contributed by atoms with E-state index in [1.807, 2.05) is 0 Å². The number of nitrogens with two attached hydrogens (primary N) is 1. The maximum atomic E-state index is 13.7. The Morgan fingerprint density at radius 3 is 2.38 bits per heavy atom. The van der Waals surface area contributed by atoms with Gasteiger partial charge in [-0.05, 0) is 29.8 Å². The second-order valence-electron chi connectivity index (χ2n) is 4.86. The number of anilines is 1. The van der Waals surface area contributed by atoms with E-state index in [0.717, 1.165) is 0 Å². The molecule has 0 bridgehead atoms. The standard InChI is InChI=1S/C17H20FN3O3/c1-22-12-5-7-16(24-3)14(9-12)21-17(19)20-10-11-4-6-15(23-2)13(18)8-11/h4-9H,10H2,1-3H3,(H3,19,20,21). The van der Waals surface area contributed by atoms with Gasteiger partial charge in [-0.3, -0.25) is 0 Å². The highest BCUT2D eigenvalue weighted by Crippen LogP contribution is 2.28. The van der Waals surface area contributed by atoms with E-state index in [1.165, 1.54) is 13.2 Å². The Hall–Kier alpha value is -2.96. The minimum atomic E-state index is -0.439. The van der Waals surface area contributed by atoms with Gasteiger partial charge in [0.1, 0.15) is 11.5 Å². The number of benzene rings is 2. The van der Waals surface area contributed by atoms with E-state index < -0.39 is 5.82 Å². The lowest BCUT2D eigenvalue weighted by molar-refractivity contribution is 0.386. The lowest BCUT2D eigenvalue weighted by Crippen LogP contribution is -2.23. The average molecular weight is 333 g/mol. The molecule has 3 N–H and O–H groups in total. The third kappa shape index (κ3) is 4.28. The van der Waals surface area contributed by atoms with Crippen LogP contribution < -0.4 is 25.3 Å². The second kappa shape index (κ2) is 8.05. The molecule has 2 rings (SSSR count). The van der Waals surface area contributed by atoms with Gasteiger partial charge in [0.05, 0.1) is 33.6 Å². The van der Waals surface area contributed by atoms with Crippen LogP contribution in [0.5, 0.6) is 17.2 Å². The Labute approximate surface area is 140 Å². The number of rotatable bonds is 6. The molecule has 6 nitrogen and oxygen atoms in total. The average Bonchev–Trinajstić information content (AvgIpc) is 2.60. The first-order chi connectivity index (χ1) is 11.6. The Balaban J connectivity index is 2.10. The van der Waals surface area contributed by atoms with E-state index in [4.69, 9.17) is 19.9 Å². The van der Waals surface area contributed by atoms with Gasteiger partial charge < -0.3 is 25.3 Å². The highest BCUT2D eigenvalue weighted by atomic mass is 19.1. The first-order valence-electron chi connectivity index (χ1n) is 7.18. The van der Waals surface area contributed by atoms with Crippen molar-refractivity contribution in [3.63, 3.8) is 0 Å². The normalized spacial score (nSPS) is 11.1. The van der Waals surface area contributed by atoms with Crippen molar-refractivity contribution in [3.8, 4) is 17.2 Å². The fourth-order valence-electron chi connectivity index (χ4n) is 2.07. The molecule has 2 aromatic rings. The van der Waals surface area contributed by atoms with Gasteiger partial charge in [-0.15, -0.1) is 0 Å². The minimum absolute atomic E-state index is 0.178. The summed E-state index contributed by atoms with van der Waals surface area (Å²) in [4.78, 5) is 4.20. The third-order valence-electron chi connectivity index (χ3n) is 3.32. The van der Waals surface area contributed by atoms with Crippen molar-refractivity contribution in [3.05, 3.63) is 47.8 Å². The molecular formula is C17H20FN3O3. The number of nitrogens with zero attached hydrogens (tertiary/aromatic N) is 1. The van der Waals surface area contributed by atoms with E-state index >= 15 is 0 Å². The van der Waals surface area contributed by atoms with Gasteiger partial charge in [0.2, 0.25) is 0 Å². The molecule has 0 aliphatic rings. The molecule has 0 aromatic heterocycles. The van der Waals surface area contributed by atoms with Crippen LogP contribution in [0.15, 0.2) is 41.4 Å². The smallest absolute Gasteiger partial charge is 0.193 e. The molecule has 0 radical (unpaired) electrons. The molecule has 0 fully saturated rings. The van der Waals surface area contributed by atoms with Gasteiger partial charge in [0, 0.05) is 6.07 Å². The van der Waals surface area contributed by atoms with Crippen LogP contribution >= 0.6 is 0 Å². The van der Waals surface area contributed by atoms with Crippen molar-refractivity contribution in [1.29, 1.82) is 0 Å². The number of ether oxygens (including phenoxy) is 3. The van der Waals surface area contributed by atoms with Crippen LogP contribution in [0.25, 0.3) is 0 Å². The molecule has 7 heteroatoms. The largest absolute Gasteiger partial charge is 0.497 e. The predicted octanol–water partition coefficient (Wildman–Crippen LogP) is 2.78. The van der Waals surface area contributed by atoms with E-state index in [2.05, 4.69) is 10.3 Å². The van der Waals surface area contributed by atoms with Crippen LogP contribution in [0, 0.1) is 5.82 Å². The monoisotopic (exact) mass is 333 g/mol. The number of methoxy groups -OCH3 is 3. The molecule has 0 aliphatic carbocycles. The highest BCUT2D eigenvalue weighted by molar-refractivity contribution is 5.94. The maximum absolute atomic E-state index is 13.7. The topological polar surface area (TPSA) is 78.1 Å². The molecule has 0 atom stereocenters. The van der Waals surface area contributed by atoms with E-state index in [-0.39, 0.29) is 18.3 Å². The zero-order valence-electron chi connectivity index (χ0n) is 13.8. The summed E-state index contributed by atoms with van der Waals surface area (Å²) in [5.41, 5.74) is 7.19. The summed E-state index contributed by atoms with van der Waals surface area (Å²) in [5, 5.41) is 2.95. The summed E-state index contributed by atoms with van der Waals surface area (Å²) in [6.07, 6.45) is 0. The third-order valence-corrected chi connectivity index (χ3v) is 3.32. The fraction of sp³-hybridized carbons (Fsp3) is 0.235. The van der Waals surface area contributed by atoms with Gasteiger partial charge in [0.25, 0.3) is 0 Å². The van der Waals surface area contributed by atoms with Crippen LogP contribution in [0.2, 0.25) is 0 Å². The molecule has 24 heavy (non-hydrogen) atoms. The highest BCUT2D eigenvalue weighted by Gasteiger charge is 2.07. The van der Waals surface area contributed by atoms with Crippen molar-refractivity contribution < 1.29 is 18.6 Å². The molecule has 0 unspecified atom stereocenters. The number of hydrogen-bond donors (Lipinski definition) is 2. The Kier molecular flexibility index (Phi) is 5.83. The molecule has 0 amide bonds. The Bertz CT molecular complexity index is 735. The van der Waals surface area contributed by atoms with Crippen molar-refractivity contribution in [2.75, 3.05) is 26.6 Å². The summed E-state index contributed by atoms with van der Waals surface area (Å²) in [6.45, 7) is 0.228. The van der Waals surface area contributed by atoms with E-state index in [0.29, 0.717) is 22.7 Å². The maximum Gasteiger partial charge on any atom is 0.193 e. The molecule has 0 saturated heterocycles. The summed E-state index contributed by atoms with van der Waals surface area (Å²) in [7, 11) is 4.54. The lowest BCUT2D eigenvalue weighted by Gasteiger charge is -2.12. The van der Waals surface area contributed by atoms with Gasteiger partial charge in [-0.2, -0.15) is 0 Å². The van der Waals surface area contributed by atoms with Crippen LogP contribution in [0.4, 0.5) is 10.1 Å². The molecule has 0 aliphatic heterocycles. The SMILES string of the molecule is COc1ccc(OC)c(NC(N)=NCc2ccc(OC)c(F)c2)c1. The van der Waals surface area contributed by atoms with Crippen molar-refractivity contribution >= 4 is 11.6 Å². The van der Waals surface area contributed by atoms with E-state index in [9.17, 15) is 4.39 Å². The summed E-state index contributed by atoms with van der Waals surface area (Å²) >= 11 is 0. The van der Waals surface area contributed by atoms with E-state index in [1.54, 1.807) is 44.6 Å². The van der Waals surface area contributed by atoms with Crippen LogP contribution in [0.1, 0.15) is 5.56 Å². The van der Waals surface area contributed by atoms with Gasteiger partial charge in [-0.25, -0.2) is 9.38 Å². The molecular weight excluding hydrogens is 313 g/mol. The number of guanidine groups is 1. The van der Waals surface area contributed by atoms with Crippen molar-refractivity contribution in [2.24, 2.45) is 10.7 Å². The molecule has 0 heterocycles. The van der Waals surface area contributed by atoms with Gasteiger partial charge in [0.15, 0.2) is 17.5 Å². The van der Waals surface area contributed by atoms with Gasteiger partial charge >= 0.3 is 0 Å². The quantitative estimate of drug-likeness (QED) is 0.628. The zero-order valence-corrected chi connectivity index (χ0v) is 13.8. The second-order valence-corrected chi connectivity index (χ2v) is 4.86. The number of halogens is 1. The first-order valence-corrected chi connectivity index (χ1v) is 7.18. The van der Waals surface area contributed by atoms with Crippen LogP contribution in [-0.4, -0.2) is 27.3 Å². The van der Waals surface area contributed by atoms with Crippen LogP contribution in [-0.2, 0) is 6.54 Å². The summed E-state index contributed by atoms with van der Waals surface area (Å²) < 4.78 is 29.0. The predicted molar refractivity (Wildman–Crippen MR) is 91.4 cm³/mol. The summed E-state index contributed by atoms with van der Waals surface area (Å²) in [6, 6.07) is 9.92. The lowest BCUT2D eigenvalue weighted by atomic mass is 10.2. The number of hydrogen-bond acceptors (Lipinski definition) is 4. The van der Waals surface area contributed by atoms with Crippen molar-refractivity contribution in [1.82, 2.24) is 0 Å². The Morgan fingerprint density at radius 2 is 1.75 bits per heavy atom. The molecule has 0 spiro atoms.